The molecule has 0 aromatic heterocycles. The molecule has 0 radical (unpaired) electrons. The number of hydrogen-bond donors (Lipinski definition) is 2. The number of aromatic hydroxyl groups is 1. The Balaban J connectivity index is 2.92. The largest absolute Gasteiger partial charge is 0.506 e. The Kier molecular flexibility index (Phi) is 3.11. The highest BCUT2D eigenvalue weighted by atomic mass is 32.2. The number of allylic oxidation sites excluding steroid dienone is 1. The molecule has 0 atom stereocenters. The molecule has 0 aliphatic carbocycles. The summed E-state index contributed by atoms with van der Waals surface area (Å²) >= 11 is 0. The van der Waals surface area contributed by atoms with Gasteiger partial charge >= 0.3 is 0 Å². The second-order valence-corrected chi connectivity index (χ2v) is 5.26. The van der Waals surface area contributed by atoms with Crippen LogP contribution in [-0.4, -0.2) is 18.1 Å². The molecule has 2 aromatic rings. The van der Waals surface area contributed by atoms with Crippen molar-refractivity contribution in [1.29, 1.82) is 0 Å². The quantitative estimate of drug-likeness (QED) is 0.660. The average Bonchev–Trinajstić information content (AvgIpc) is 2.28. The van der Waals surface area contributed by atoms with E-state index in [0.29, 0.717) is 16.3 Å². The predicted molar refractivity (Wildman–Crippen MR) is 69.3 cm³/mol. The molecule has 0 fully saturated rings. The van der Waals surface area contributed by atoms with E-state index in [1.165, 1.54) is 6.08 Å². The van der Waals surface area contributed by atoms with Crippen LogP contribution in [0.15, 0.2) is 47.9 Å². The van der Waals surface area contributed by atoms with E-state index < -0.39 is 20.8 Å². The molecule has 0 bridgehead atoms. The van der Waals surface area contributed by atoms with Crippen molar-refractivity contribution in [3.05, 3.63) is 48.6 Å². The lowest BCUT2D eigenvalue weighted by Gasteiger charge is -2.10. The first-order chi connectivity index (χ1) is 8.45. The van der Waals surface area contributed by atoms with Gasteiger partial charge in [-0.3, -0.25) is 4.55 Å². The molecule has 0 saturated carbocycles. The summed E-state index contributed by atoms with van der Waals surface area (Å²) < 4.78 is 31.9. The second kappa shape index (κ2) is 4.44. The average molecular weight is 264 g/mol. The second-order valence-electron chi connectivity index (χ2n) is 3.90. The first-order valence-corrected chi connectivity index (χ1v) is 6.71. The zero-order valence-electron chi connectivity index (χ0n) is 9.50. The van der Waals surface area contributed by atoms with Gasteiger partial charge in [0.15, 0.2) is 0 Å². The van der Waals surface area contributed by atoms with Gasteiger partial charge in [0.1, 0.15) is 10.6 Å². The van der Waals surface area contributed by atoms with E-state index >= 15 is 0 Å². The smallest absolute Gasteiger partial charge is 0.298 e. The lowest BCUT2D eigenvalue weighted by atomic mass is 10.0. The Morgan fingerprint density at radius 3 is 2.56 bits per heavy atom. The van der Waals surface area contributed by atoms with Crippen LogP contribution in [0.25, 0.3) is 10.8 Å². The molecule has 94 valence electrons. The Labute approximate surface area is 105 Å². The molecule has 0 unspecified atom stereocenters. The van der Waals surface area contributed by atoms with Gasteiger partial charge in [0.2, 0.25) is 0 Å². The van der Waals surface area contributed by atoms with Crippen LogP contribution in [0.5, 0.6) is 5.75 Å². The maximum absolute atomic E-state index is 11.4. The van der Waals surface area contributed by atoms with Gasteiger partial charge in [-0.2, -0.15) is 8.42 Å². The lowest BCUT2D eigenvalue weighted by molar-refractivity contribution is 0.446. The number of fused-ring (bicyclic) bond motifs is 1. The molecule has 0 spiro atoms. The molecule has 2 aromatic carbocycles. The van der Waals surface area contributed by atoms with Crippen LogP contribution < -0.4 is 0 Å². The minimum absolute atomic E-state index is 0.244. The van der Waals surface area contributed by atoms with E-state index in [4.69, 9.17) is 0 Å². The predicted octanol–water partition coefficient (Wildman–Crippen LogP) is 2.52. The SMILES string of the molecule is C=CCc1cc2ccccc2c(O)c1S(=O)(=O)O. The molecule has 0 heterocycles. The summed E-state index contributed by atoms with van der Waals surface area (Å²) in [6.45, 7) is 3.53. The Morgan fingerprint density at radius 1 is 1.28 bits per heavy atom. The third-order valence-electron chi connectivity index (χ3n) is 2.67. The van der Waals surface area contributed by atoms with Crippen LogP contribution in [0.1, 0.15) is 5.56 Å². The number of hydrogen-bond acceptors (Lipinski definition) is 3. The van der Waals surface area contributed by atoms with Crippen LogP contribution >= 0.6 is 0 Å². The summed E-state index contributed by atoms with van der Waals surface area (Å²) in [7, 11) is -4.48. The van der Waals surface area contributed by atoms with E-state index in [9.17, 15) is 18.1 Å². The van der Waals surface area contributed by atoms with Gasteiger partial charge in [0.05, 0.1) is 0 Å². The number of phenols is 1. The Morgan fingerprint density at radius 2 is 1.94 bits per heavy atom. The van der Waals surface area contributed by atoms with Crippen molar-refractivity contribution < 1.29 is 18.1 Å². The fourth-order valence-electron chi connectivity index (χ4n) is 1.96. The van der Waals surface area contributed by atoms with E-state index in [1.807, 2.05) is 0 Å². The fourth-order valence-corrected chi connectivity index (χ4v) is 2.79. The van der Waals surface area contributed by atoms with E-state index in [1.54, 1.807) is 30.3 Å². The fraction of sp³-hybridized carbons (Fsp3) is 0.0769. The molecular formula is C13H12O4S. The van der Waals surface area contributed by atoms with Gasteiger partial charge < -0.3 is 5.11 Å². The summed E-state index contributed by atoms with van der Waals surface area (Å²) in [5.74, 6) is -0.424. The highest BCUT2D eigenvalue weighted by Gasteiger charge is 2.22. The molecule has 0 amide bonds. The maximum Gasteiger partial charge on any atom is 0.298 e. The van der Waals surface area contributed by atoms with Crippen LogP contribution in [0, 0.1) is 0 Å². The van der Waals surface area contributed by atoms with Crippen LogP contribution in [0.3, 0.4) is 0 Å². The summed E-state index contributed by atoms with van der Waals surface area (Å²) in [6, 6.07) is 8.45. The molecule has 0 aliphatic rings. The van der Waals surface area contributed by atoms with Crippen molar-refractivity contribution in [2.24, 2.45) is 0 Å². The Hall–Kier alpha value is -1.85. The topological polar surface area (TPSA) is 74.6 Å². The monoisotopic (exact) mass is 264 g/mol. The molecule has 0 aliphatic heterocycles. The molecule has 18 heavy (non-hydrogen) atoms. The highest BCUT2D eigenvalue weighted by molar-refractivity contribution is 7.86. The van der Waals surface area contributed by atoms with E-state index in [0.717, 1.165) is 0 Å². The van der Waals surface area contributed by atoms with E-state index in [2.05, 4.69) is 6.58 Å². The van der Waals surface area contributed by atoms with Crippen LogP contribution in [0.4, 0.5) is 0 Å². The van der Waals surface area contributed by atoms with Crippen molar-refractivity contribution in [2.75, 3.05) is 0 Å². The Bertz CT molecular complexity index is 717. The highest BCUT2D eigenvalue weighted by Crippen LogP contribution is 2.35. The van der Waals surface area contributed by atoms with E-state index in [-0.39, 0.29) is 6.42 Å². The summed E-state index contributed by atoms with van der Waals surface area (Å²) in [6.07, 6.45) is 1.76. The zero-order valence-corrected chi connectivity index (χ0v) is 10.3. The summed E-state index contributed by atoms with van der Waals surface area (Å²) in [4.78, 5) is -0.443. The summed E-state index contributed by atoms with van der Waals surface area (Å²) in [5.41, 5.74) is 0.323. The van der Waals surface area contributed by atoms with Crippen molar-refractivity contribution >= 4 is 20.9 Å². The number of rotatable bonds is 3. The maximum atomic E-state index is 11.4. The first kappa shape index (κ1) is 12.6. The molecule has 5 heteroatoms. The van der Waals surface area contributed by atoms with Gasteiger partial charge in [-0.1, -0.05) is 30.3 Å². The third-order valence-corrected chi connectivity index (χ3v) is 3.65. The van der Waals surface area contributed by atoms with Crippen molar-refractivity contribution in [3.8, 4) is 5.75 Å². The van der Waals surface area contributed by atoms with Gasteiger partial charge in [-0.15, -0.1) is 6.58 Å². The van der Waals surface area contributed by atoms with Crippen molar-refractivity contribution in [1.82, 2.24) is 0 Å². The number of phenolic OH excluding ortho intramolecular Hbond substituents is 1. The van der Waals surface area contributed by atoms with Gasteiger partial charge in [0, 0.05) is 5.39 Å². The van der Waals surface area contributed by atoms with Crippen molar-refractivity contribution in [3.63, 3.8) is 0 Å². The third kappa shape index (κ3) is 2.10. The van der Waals surface area contributed by atoms with Gasteiger partial charge in [0.25, 0.3) is 10.1 Å². The van der Waals surface area contributed by atoms with Gasteiger partial charge in [-0.05, 0) is 23.4 Å². The van der Waals surface area contributed by atoms with Gasteiger partial charge in [-0.25, -0.2) is 0 Å². The summed E-state index contributed by atoms with van der Waals surface area (Å²) in [5, 5.41) is 11.1. The number of benzene rings is 2. The normalized spacial score (nSPS) is 11.6. The first-order valence-electron chi connectivity index (χ1n) is 5.27. The molecule has 2 rings (SSSR count). The standard InChI is InChI=1S/C13H12O4S/c1-2-5-10-8-9-6-3-4-7-11(9)12(14)13(10)18(15,16)17/h2-4,6-8,14H,1,5H2,(H,15,16,17). The zero-order chi connectivity index (χ0) is 13.3. The lowest BCUT2D eigenvalue weighted by Crippen LogP contribution is -2.04. The molecule has 0 saturated heterocycles. The minimum Gasteiger partial charge on any atom is -0.506 e. The molecule has 4 nitrogen and oxygen atoms in total. The minimum atomic E-state index is -4.48. The molecular weight excluding hydrogens is 252 g/mol. The van der Waals surface area contributed by atoms with Crippen LogP contribution in [0.2, 0.25) is 0 Å². The molecule has 2 N–H and O–H groups in total. The van der Waals surface area contributed by atoms with Crippen LogP contribution in [-0.2, 0) is 16.5 Å². The van der Waals surface area contributed by atoms with Crippen molar-refractivity contribution in [2.45, 2.75) is 11.3 Å².